The van der Waals surface area contributed by atoms with Crippen molar-refractivity contribution >= 4 is 12.0 Å². The molecule has 4 fully saturated rings. The van der Waals surface area contributed by atoms with Crippen LogP contribution in [-0.4, -0.2) is 103 Å². The molecule has 0 aromatic heterocycles. The Morgan fingerprint density at radius 1 is 0.657 bits per heavy atom. The molecule has 7 nitrogen and oxygen atoms in total. The standard InChI is InChI=1S/C28H50N4O3/c1-19(2)9-27(33)31-14-23-10-29(11-24(23)15-31)21(5)7-8-22(6)30-12-25-16-32(17-26(25)13-30)28(34)35-18-20(3)4/h19-26H,7-18H2,1-6H3. The van der Waals surface area contributed by atoms with Crippen LogP contribution < -0.4 is 0 Å². The first-order valence-electron chi connectivity index (χ1n) is 14.3. The minimum Gasteiger partial charge on any atom is -0.449 e. The van der Waals surface area contributed by atoms with Gasteiger partial charge in [-0.3, -0.25) is 14.6 Å². The third kappa shape index (κ3) is 6.51. The van der Waals surface area contributed by atoms with Crippen LogP contribution in [0.3, 0.4) is 0 Å². The second-order valence-corrected chi connectivity index (χ2v) is 13.0. The van der Waals surface area contributed by atoms with Gasteiger partial charge in [0.2, 0.25) is 5.91 Å². The van der Waals surface area contributed by atoms with Gasteiger partial charge in [-0.15, -0.1) is 0 Å². The van der Waals surface area contributed by atoms with Crippen LogP contribution in [0.15, 0.2) is 0 Å². The van der Waals surface area contributed by atoms with Crippen molar-refractivity contribution in [3.8, 4) is 0 Å². The van der Waals surface area contributed by atoms with E-state index < -0.39 is 0 Å². The van der Waals surface area contributed by atoms with Gasteiger partial charge in [-0.25, -0.2) is 4.79 Å². The molecule has 0 radical (unpaired) electrons. The maximum Gasteiger partial charge on any atom is 0.409 e. The molecule has 2 amide bonds. The fourth-order valence-corrected chi connectivity index (χ4v) is 6.79. The van der Waals surface area contributed by atoms with E-state index in [4.69, 9.17) is 4.74 Å². The third-order valence-corrected chi connectivity index (χ3v) is 9.01. The van der Waals surface area contributed by atoms with Crippen molar-refractivity contribution < 1.29 is 14.3 Å². The van der Waals surface area contributed by atoms with Crippen molar-refractivity contribution in [2.75, 3.05) is 59.0 Å². The quantitative estimate of drug-likeness (QED) is 0.494. The molecule has 0 aliphatic carbocycles. The van der Waals surface area contributed by atoms with Gasteiger partial charge in [0, 0.05) is 70.9 Å². The third-order valence-electron chi connectivity index (χ3n) is 9.01. The second kappa shape index (κ2) is 11.4. The van der Waals surface area contributed by atoms with E-state index in [1.54, 1.807) is 0 Å². The van der Waals surface area contributed by atoms with Gasteiger partial charge in [0.15, 0.2) is 0 Å². The van der Waals surface area contributed by atoms with E-state index in [1.807, 2.05) is 4.90 Å². The summed E-state index contributed by atoms with van der Waals surface area (Å²) < 4.78 is 5.45. The zero-order valence-corrected chi connectivity index (χ0v) is 23.1. The first-order valence-corrected chi connectivity index (χ1v) is 14.3. The Hall–Kier alpha value is -1.34. The summed E-state index contributed by atoms with van der Waals surface area (Å²) in [6.07, 6.45) is 3.03. The van der Waals surface area contributed by atoms with Crippen molar-refractivity contribution in [2.24, 2.45) is 35.5 Å². The molecule has 6 unspecified atom stereocenters. The minimum atomic E-state index is -0.121. The van der Waals surface area contributed by atoms with Gasteiger partial charge in [0.1, 0.15) is 0 Å². The van der Waals surface area contributed by atoms with Gasteiger partial charge >= 0.3 is 6.09 Å². The Bertz CT molecular complexity index is 716. The average Bonchev–Trinajstić information content (AvgIpc) is 3.53. The van der Waals surface area contributed by atoms with Crippen LogP contribution >= 0.6 is 0 Å². The highest BCUT2D eigenvalue weighted by Crippen LogP contribution is 2.35. The van der Waals surface area contributed by atoms with Crippen molar-refractivity contribution in [3.63, 3.8) is 0 Å². The van der Waals surface area contributed by atoms with Gasteiger partial charge in [-0.1, -0.05) is 27.7 Å². The molecule has 4 rings (SSSR count). The molecule has 0 saturated carbocycles. The van der Waals surface area contributed by atoms with Gasteiger partial charge in [-0.05, 0) is 62.2 Å². The van der Waals surface area contributed by atoms with Gasteiger partial charge in [-0.2, -0.15) is 0 Å². The maximum absolute atomic E-state index is 12.5. The van der Waals surface area contributed by atoms with Gasteiger partial charge in [0.05, 0.1) is 6.61 Å². The van der Waals surface area contributed by atoms with E-state index in [2.05, 4.69) is 56.2 Å². The SMILES string of the molecule is CC(C)COC(=O)N1CC2CN(C(C)CCC(C)N3CC4CN(C(=O)CC(C)C)CC4C3)CC2C1. The molecule has 0 bridgehead atoms. The van der Waals surface area contributed by atoms with E-state index in [9.17, 15) is 9.59 Å². The Morgan fingerprint density at radius 2 is 1.09 bits per heavy atom. The number of fused-ring (bicyclic) bond motifs is 2. The summed E-state index contributed by atoms with van der Waals surface area (Å²) in [6, 6.07) is 1.20. The van der Waals surface area contributed by atoms with Crippen LogP contribution in [-0.2, 0) is 9.53 Å². The van der Waals surface area contributed by atoms with Crippen LogP contribution in [0, 0.1) is 35.5 Å². The van der Waals surface area contributed by atoms with Crippen LogP contribution in [0.1, 0.15) is 60.8 Å². The zero-order valence-electron chi connectivity index (χ0n) is 23.1. The molecule has 4 saturated heterocycles. The smallest absolute Gasteiger partial charge is 0.409 e. The number of carbonyl (C=O) groups is 2. The van der Waals surface area contributed by atoms with Gasteiger partial charge in [0.25, 0.3) is 0 Å². The molecule has 4 aliphatic heterocycles. The minimum absolute atomic E-state index is 0.121. The average molecular weight is 491 g/mol. The van der Waals surface area contributed by atoms with Crippen LogP contribution in [0.4, 0.5) is 4.79 Å². The normalized spacial score (nSPS) is 30.9. The highest BCUT2D eigenvalue weighted by molar-refractivity contribution is 5.76. The maximum atomic E-state index is 12.5. The predicted octanol–water partition coefficient (Wildman–Crippen LogP) is 3.64. The number of nitrogens with zero attached hydrogens (tertiary/aromatic N) is 4. The lowest BCUT2D eigenvalue weighted by molar-refractivity contribution is -0.131. The molecule has 0 N–H and O–H groups in total. The van der Waals surface area contributed by atoms with Crippen molar-refractivity contribution in [2.45, 2.75) is 72.9 Å². The molecule has 0 aromatic carbocycles. The Kier molecular flexibility index (Phi) is 8.68. The lowest BCUT2D eigenvalue weighted by Gasteiger charge is -2.30. The molecule has 0 spiro atoms. The molecular weight excluding hydrogens is 440 g/mol. The monoisotopic (exact) mass is 490 g/mol. The second-order valence-electron chi connectivity index (χ2n) is 13.0. The topological polar surface area (TPSA) is 56.3 Å². The van der Waals surface area contributed by atoms with E-state index in [0.29, 0.717) is 66.5 Å². The van der Waals surface area contributed by atoms with Crippen LogP contribution in [0.5, 0.6) is 0 Å². The van der Waals surface area contributed by atoms with Crippen molar-refractivity contribution in [1.29, 1.82) is 0 Å². The number of amides is 2. The molecule has 4 aliphatic rings. The molecule has 4 heterocycles. The zero-order chi connectivity index (χ0) is 25.3. The summed E-state index contributed by atoms with van der Waals surface area (Å²) in [6.45, 7) is 21.9. The molecule has 35 heavy (non-hydrogen) atoms. The van der Waals surface area contributed by atoms with Gasteiger partial charge < -0.3 is 14.5 Å². The number of likely N-dealkylation sites (tertiary alicyclic amines) is 4. The molecule has 0 aromatic rings. The summed E-state index contributed by atoms with van der Waals surface area (Å²) >= 11 is 0. The Balaban J connectivity index is 1.14. The van der Waals surface area contributed by atoms with Crippen molar-refractivity contribution in [3.05, 3.63) is 0 Å². The molecular formula is C28H50N4O3. The van der Waals surface area contributed by atoms with Crippen molar-refractivity contribution in [1.82, 2.24) is 19.6 Å². The van der Waals surface area contributed by atoms with Crippen LogP contribution in [0.2, 0.25) is 0 Å². The first kappa shape index (κ1) is 26.7. The fourth-order valence-electron chi connectivity index (χ4n) is 6.79. The van der Waals surface area contributed by atoms with E-state index in [1.165, 1.54) is 12.8 Å². The van der Waals surface area contributed by atoms with Crippen LogP contribution in [0.25, 0.3) is 0 Å². The predicted molar refractivity (Wildman–Crippen MR) is 139 cm³/mol. The van der Waals surface area contributed by atoms with E-state index >= 15 is 0 Å². The number of ether oxygens (including phenoxy) is 1. The Labute approximate surface area is 213 Å². The van der Waals surface area contributed by atoms with E-state index in [0.717, 1.165) is 52.4 Å². The summed E-state index contributed by atoms with van der Waals surface area (Å²) in [7, 11) is 0. The number of hydrogen-bond donors (Lipinski definition) is 0. The highest BCUT2D eigenvalue weighted by atomic mass is 16.6. The lowest BCUT2D eigenvalue weighted by atomic mass is 10.0. The summed E-state index contributed by atoms with van der Waals surface area (Å²) in [5.41, 5.74) is 0. The fraction of sp³-hybridized carbons (Fsp3) is 0.929. The summed E-state index contributed by atoms with van der Waals surface area (Å²) in [5, 5.41) is 0. The number of carbonyl (C=O) groups excluding carboxylic acids is 2. The number of hydrogen-bond acceptors (Lipinski definition) is 5. The highest BCUT2D eigenvalue weighted by Gasteiger charge is 2.44. The molecule has 6 atom stereocenters. The summed E-state index contributed by atoms with van der Waals surface area (Å²) in [5.74, 6) is 3.71. The largest absolute Gasteiger partial charge is 0.449 e. The summed E-state index contributed by atoms with van der Waals surface area (Å²) in [4.78, 5) is 34.2. The first-order chi connectivity index (χ1) is 16.6. The number of rotatable bonds is 9. The van der Waals surface area contributed by atoms with E-state index in [-0.39, 0.29) is 6.09 Å². The molecule has 200 valence electrons. The lowest BCUT2D eigenvalue weighted by Crippen LogP contribution is -2.39. The Morgan fingerprint density at radius 3 is 1.49 bits per heavy atom. The molecule has 7 heteroatoms.